The van der Waals surface area contributed by atoms with Crippen molar-refractivity contribution < 1.29 is 28.5 Å². The van der Waals surface area contributed by atoms with Crippen molar-refractivity contribution in [2.75, 3.05) is 38.9 Å². The number of hydrogen-bond acceptors (Lipinski definition) is 12. The highest BCUT2D eigenvalue weighted by atomic mass is 32.2. The summed E-state index contributed by atoms with van der Waals surface area (Å²) in [7, 11) is 0. The highest BCUT2D eigenvalue weighted by Crippen LogP contribution is 2.37. The van der Waals surface area contributed by atoms with Crippen LogP contribution in [0.2, 0.25) is 0 Å². The van der Waals surface area contributed by atoms with Crippen molar-refractivity contribution in [3.05, 3.63) is 82.2 Å². The molecule has 10 nitrogen and oxygen atoms in total. The third-order valence-corrected chi connectivity index (χ3v) is 8.53. The zero-order chi connectivity index (χ0) is 34.8. The highest BCUT2D eigenvalue weighted by molar-refractivity contribution is 7.98. The van der Waals surface area contributed by atoms with Crippen molar-refractivity contribution in [3.8, 4) is 45.9 Å². The number of hydrogen-bond donors (Lipinski definition) is 0. The summed E-state index contributed by atoms with van der Waals surface area (Å²) in [5.41, 5.74) is 4.43. The molecule has 48 heavy (non-hydrogen) atoms. The number of thioether (sulfide) groups is 2. The molecule has 0 saturated heterocycles. The average Bonchev–Trinajstić information content (AvgIpc) is 3.09. The van der Waals surface area contributed by atoms with Crippen LogP contribution in [0, 0.1) is 36.5 Å². The molecule has 2 aromatic heterocycles. The Morgan fingerprint density at radius 2 is 1.02 bits per heavy atom. The number of carbonyl (C=O) groups is 2. The van der Waals surface area contributed by atoms with E-state index in [0.29, 0.717) is 66.3 Å². The van der Waals surface area contributed by atoms with Gasteiger partial charge in [-0.1, -0.05) is 24.3 Å². The molecule has 0 fully saturated rings. The molecule has 0 saturated carbocycles. The van der Waals surface area contributed by atoms with Gasteiger partial charge in [-0.25, -0.2) is 19.6 Å². The first-order chi connectivity index (χ1) is 23.2. The molecule has 4 aromatic rings. The zero-order valence-corrected chi connectivity index (χ0v) is 29.1. The first-order valence-corrected chi connectivity index (χ1v) is 17.5. The summed E-state index contributed by atoms with van der Waals surface area (Å²) in [6.45, 7) is 7.80. The first kappa shape index (κ1) is 35.8. The number of aromatic nitrogens is 2. The van der Waals surface area contributed by atoms with E-state index in [1.807, 2.05) is 12.5 Å². The molecule has 0 spiro atoms. The fourth-order valence-electron chi connectivity index (χ4n) is 5.09. The van der Waals surface area contributed by atoms with E-state index in [9.17, 15) is 20.1 Å². The van der Waals surface area contributed by atoms with Gasteiger partial charge >= 0.3 is 11.9 Å². The van der Waals surface area contributed by atoms with Crippen LogP contribution in [0.5, 0.6) is 11.5 Å². The summed E-state index contributed by atoms with van der Waals surface area (Å²) in [6, 6.07) is 18.7. The highest BCUT2D eigenvalue weighted by Gasteiger charge is 2.26. The van der Waals surface area contributed by atoms with E-state index in [-0.39, 0.29) is 37.6 Å². The number of nitrogens with zero attached hydrogens (tertiary/aromatic N) is 4. The van der Waals surface area contributed by atoms with E-state index in [0.717, 1.165) is 0 Å². The molecule has 246 valence electrons. The van der Waals surface area contributed by atoms with Gasteiger partial charge in [-0.3, -0.25) is 0 Å². The van der Waals surface area contributed by atoms with E-state index in [2.05, 4.69) is 22.1 Å². The molecule has 2 heterocycles. The predicted octanol–water partition coefficient (Wildman–Crippen LogP) is 7.43. The van der Waals surface area contributed by atoms with Gasteiger partial charge in [0.15, 0.2) is 0 Å². The van der Waals surface area contributed by atoms with Crippen LogP contribution in [0.4, 0.5) is 0 Å². The molecule has 0 aliphatic heterocycles. The summed E-state index contributed by atoms with van der Waals surface area (Å²) in [6.07, 6.45) is 3.67. The lowest BCUT2D eigenvalue weighted by atomic mass is 9.95. The number of pyridine rings is 2. The summed E-state index contributed by atoms with van der Waals surface area (Å²) < 4.78 is 22.3. The van der Waals surface area contributed by atoms with Crippen molar-refractivity contribution in [1.29, 1.82) is 10.5 Å². The van der Waals surface area contributed by atoms with Gasteiger partial charge in [0.05, 0.1) is 46.9 Å². The van der Waals surface area contributed by atoms with E-state index in [1.165, 1.54) is 23.5 Å². The number of carbonyl (C=O) groups excluding carboxylic acids is 2. The van der Waals surface area contributed by atoms with Crippen molar-refractivity contribution in [2.45, 2.75) is 37.7 Å². The summed E-state index contributed by atoms with van der Waals surface area (Å²) in [5, 5.41) is 21.0. The monoisotopic (exact) mass is 682 g/mol. The normalized spacial score (nSPS) is 10.5. The Morgan fingerprint density at radius 3 is 1.31 bits per heavy atom. The van der Waals surface area contributed by atoms with Crippen molar-refractivity contribution in [2.24, 2.45) is 0 Å². The number of ether oxygens (including phenoxy) is 4. The van der Waals surface area contributed by atoms with Crippen LogP contribution in [0.1, 0.15) is 57.1 Å². The molecule has 0 amide bonds. The SMILES string of the molecule is CCOC(=O)c1c(C)nc(SC)c(C#N)c1-c1ccc(OCCOc2ccc(-c3c(C#N)c(SC)nc(C)c3C(=O)OCC)cc2)cc1. The lowest BCUT2D eigenvalue weighted by molar-refractivity contribution is 0.0516. The number of esters is 2. The lowest BCUT2D eigenvalue weighted by Crippen LogP contribution is -2.12. The Kier molecular flexibility index (Phi) is 12.4. The van der Waals surface area contributed by atoms with Crippen LogP contribution in [0.3, 0.4) is 0 Å². The summed E-state index contributed by atoms with van der Waals surface area (Å²) >= 11 is 2.68. The number of rotatable bonds is 13. The Labute approximate surface area is 288 Å². The molecular weight excluding hydrogens is 649 g/mol. The van der Waals surface area contributed by atoms with Crippen LogP contribution < -0.4 is 9.47 Å². The van der Waals surface area contributed by atoms with E-state index in [4.69, 9.17) is 18.9 Å². The Balaban J connectivity index is 1.48. The molecule has 0 aliphatic carbocycles. The number of aryl methyl sites for hydroxylation is 2. The second-order valence-electron chi connectivity index (χ2n) is 10.1. The quantitative estimate of drug-likeness (QED) is 0.0786. The van der Waals surface area contributed by atoms with Gasteiger partial charge in [0, 0.05) is 11.1 Å². The molecule has 0 bridgehead atoms. The standard InChI is InChI=1S/C36H34N4O6S2/c1-7-43-35(41)29-21(3)39-33(47-5)27(19-37)31(29)23-9-13-25(14-10-23)45-17-18-46-26-15-11-24(12-16-26)32-28(20-38)34(48-6)40-22(4)30(32)36(42)44-8-2/h9-16H,7-8,17-18H2,1-6H3. The van der Waals surface area contributed by atoms with Gasteiger partial charge in [0.1, 0.15) is 46.9 Å². The van der Waals surface area contributed by atoms with Crippen molar-refractivity contribution in [1.82, 2.24) is 9.97 Å². The minimum absolute atomic E-state index is 0.199. The molecule has 2 aromatic carbocycles. The van der Waals surface area contributed by atoms with Gasteiger partial charge in [-0.2, -0.15) is 10.5 Å². The van der Waals surface area contributed by atoms with Gasteiger partial charge in [0.25, 0.3) is 0 Å². The maximum Gasteiger partial charge on any atom is 0.340 e. The van der Waals surface area contributed by atoms with E-state index in [1.54, 1.807) is 76.2 Å². The minimum Gasteiger partial charge on any atom is -0.490 e. The topological polar surface area (TPSA) is 144 Å². The van der Waals surface area contributed by atoms with Gasteiger partial charge in [0.2, 0.25) is 0 Å². The van der Waals surface area contributed by atoms with E-state index >= 15 is 0 Å². The van der Waals surface area contributed by atoms with Gasteiger partial charge in [-0.15, -0.1) is 23.5 Å². The van der Waals surface area contributed by atoms with Crippen molar-refractivity contribution in [3.63, 3.8) is 0 Å². The average molecular weight is 683 g/mol. The maximum absolute atomic E-state index is 12.9. The molecule has 0 N–H and O–H groups in total. The molecule has 4 rings (SSSR count). The molecule has 0 radical (unpaired) electrons. The number of benzene rings is 2. The second kappa shape index (κ2) is 16.7. The Bertz CT molecular complexity index is 1760. The predicted molar refractivity (Wildman–Crippen MR) is 185 cm³/mol. The van der Waals surface area contributed by atoms with Crippen LogP contribution in [-0.4, -0.2) is 60.8 Å². The van der Waals surface area contributed by atoms with Crippen LogP contribution in [0.15, 0.2) is 58.6 Å². The Morgan fingerprint density at radius 1 is 0.667 bits per heavy atom. The molecular formula is C36H34N4O6S2. The minimum atomic E-state index is -0.530. The largest absolute Gasteiger partial charge is 0.490 e. The zero-order valence-electron chi connectivity index (χ0n) is 27.5. The maximum atomic E-state index is 12.9. The van der Waals surface area contributed by atoms with Gasteiger partial charge < -0.3 is 18.9 Å². The molecule has 0 atom stereocenters. The summed E-state index contributed by atoms with van der Waals surface area (Å²) in [4.78, 5) is 34.7. The fourth-order valence-corrected chi connectivity index (χ4v) is 6.25. The fraction of sp³-hybridized carbons (Fsp3) is 0.278. The second-order valence-corrected chi connectivity index (χ2v) is 11.7. The number of nitriles is 2. The Hall–Kier alpha value is -5.04. The molecule has 12 heteroatoms. The summed E-state index contributed by atoms with van der Waals surface area (Å²) in [5.74, 6) is 0.103. The third-order valence-electron chi connectivity index (χ3n) is 7.17. The van der Waals surface area contributed by atoms with Gasteiger partial charge in [-0.05, 0) is 75.6 Å². The van der Waals surface area contributed by atoms with Crippen molar-refractivity contribution >= 4 is 35.5 Å². The lowest BCUT2D eigenvalue weighted by Gasteiger charge is -2.16. The smallest absolute Gasteiger partial charge is 0.340 e. The van der Waals surface area contributed by atoms with Crippen LogP contribution in [0.25, 0.3) is 22.3 Å². The first-order valence-electron chi connectivity index (χ1n) is 15.0. The van der Waals surface area contributed by atoms with Crippen LogP contribution in [-0.2, 0) is 9.47 Å². The third kappa shape index (κ3) is 7.73. The van der Waals surface area contributed by atoms with E-state index < -0.39 is 11.9 Å². The molecule has 0 aliphatic rings. The van der Waals surface area contributed by atoms with Crippen LogP contribution >= 0.6 is 23.5 Å². The molecule has 0 unspecified atom stereocenters.